The number of aryl methyl sites for hydroxylation is 2. The summed E-state index contributed by atoms with van der Waals surface area (Å²) in [4.78, 5) is 26.2. The molecule has 0 spiro atoms. The van der Waals surface area contributed by atoms with E-state index in [1.807, 2.05) is 20.9 Å². The van der Waals surface area contributed by atoms with Gasteiger partial charge in [-0.05, 0) is 26.7 Å². The van der Waals surface area contributed by atoms with E-state index in [1.54, 1.807) is 15.7 Å². The second kappa shape index (κ2) is 5.17. The van der Waals surface area contributed by atoms with E-state index in [0.717, 1.165) is 18.5 Å². The van der Waals surface area contributed by atoms with E-state index >= 15 is 0 Å². The van der Waals surface area contributed by atoms with Gasteiger partial charge in [0.05, 0.1) is 0 Å². The van der Waals surface area contributed by atoms with E-state index in [0.29, 0.717) is 6.54 Å². The van der Waals surface area contributed by atoms with Crippen molar-refractivity contribution in [2.45, 2.75) is 38.8 Å². The molecule has 1 aliphatic rings. The summed E-state index contributed by atoms with van der Waals surface area (Å²) in [6.07, 6.45) is 3.21. The van der Waals surface area contributed by atoms with Gasteiger partial charge in [-0.1, -0.05) is 0 Å². The van der Waals surface area contributed by atoms with Gasteiger partial charge in [-0.3, -0.25) is 9.59 Å². The maximum Gasteiger partial charge on any atom is 0.259 e. The number of pyridine rings is 1. The fraction of sp³-hybridized carbons (Fsp3) is 0.571. The van der Waals surface area contributed by atoms with Crippen LogP contribution >= 0.6 is 0 Å². The first-order chi connectivity index (χ1) is 8.90. The molecule has 2 N–H and O–H groups in total. The summed E-state index contributed by atoms with van der Waals surface area (Å²) in [5.74, 6) is -0.181. The number of carbonyl (C=O) groups excluding carboxylic acids is 1. The molecule has 2 heterocycles. The van der Waals surface area contributed by atoms with Crippen LogP contribution in [0.2, 0.25) is 0 Å². The molecule has 19 heavy (non-hydrogen) atoms. The Bertz CT molecular complexity index is 550. The summed E-state index contributed by atoms with van der Waals surface area (Å²) in [7, 11) is 1.83. The lowest BCUT2D eigenvalue weighted by Crippen LogP contribution is -2.49. The van der Waals surface area contributed by atoms with Crippen molar-refractivity contribution in [1.29, 1.82) is 0 Å². The van der Waals surface area contributed by atoms with E-state index in [-0.39, 0.29) is 29.0 Å². The Morgan fingerprint density at radius 1 is 1.47 bits per heavy atom. The number of hydrogen-bond donors (Lipinski definition) is 1. The predicted molar refractivity (Wildman–Crippen MR) is 74.1 cm³/mol. The third kappa shape index (κ3) is 2.71. The fourth-order valence-corrected chi connectivity index (χ4v) is 2.55. The van der Waals surface area contributed by atoms with Gasteiger partial charge < -0.3 is 15.2 Å². The first-order valence-electron chi connectivity index (χ1n) is 6.64. The summed E-state index contributed by atoms with van der Waals surface area (Å²) >= 11 is 0. The number of carbonyl (C=O) groups is 1. The standard InChI is InChI=1S/C14H21N3O2/c1-9-7-13(18)12(8-16(9)3)14(19)17-5-4-11(15)6-10(17)2/h7-8,10-11H,4-6,15H2,1-3H3/t10-,11+/m1/s1. The maximum absolute atomic E-state index is 12.5. The van der Waals surface area contributed by atoms with Crippen molar-refractivity contribution in [2.24, 2.45) is 12.8 Å². The molecule has 1 amide bonds. The molecule has 5 heteroatoms. The molecule has 104 valence electrons. The SMILES string of the molecule is Cc1cc(=O)c(C(=O)N2CC[C@H](N)C[C@H]2C)cn1C. The van der Waals surface area contributed by atoms with Gasteiger partial charge in [0.2, 0.25) is 0 Å². The lowest BCUT2D eigenvalue weighted by Gasteiger charge is -2.36. The zero-order chi connectivity index (χ0) is 14.2. The Morgan fingerprint density at radius 2 is 2.16 bits per heavy atom. The normalized spacial score (nSPS) is 23.5. The molecule has 1 fully saturated rings. The fourth-order valence-electron chi connectivity index (χ4n) is 2.55. The lowest BCUT2D eigenvalue weighted by atomic mass is 9.98. The summed E-state index contributed by atoms with van der Waals surface area (Å²) in [6.45, 7) is 4.45. The van der Waals surface area contributed by atoms with Gasteiger partial charge in [-0.2, -0.15) is 0 Å². The summed E-state index contributed by atoms with van der Waals surface area (Å²) < 4.78 is 1.80. The average Bonchev–Trinajstić information content (AvgIpc) is 2.33. The Morgan fingerprint density at radius 3 is 2.79 bits per heavy atom. The van der Waals surface area contributed by atoms with Crippen LogP contribution in [0.25, 0.3) is 0 Å². The molecule has 5 nitrogen and oxygen atoms in total. The molecule has 0 radical (unpaired) electrons. The van der Waals surface area contributed by atoms with Crippen molar-refractivity contribution in [3.05, 3.63) is 33.7 Å². The van der Waals surface area contributed by atoms with Crippen LogP contribution in [0.15, 0.2) is 17.1 Å². The number of piperidine rings is 1. The molecule has 1 aromatic heterocycles. The van der Waals surface area contributed by atoms with E-state index in [2.05, 4.69) is 0 Å². The average molecular weight is 263 g/mol. The minimum Gasteiger partial charge on any atom is -0.354 e. The molecule has 1 aliphatic heterocycles. The zero-order valence-corrected chi connectivity index (χ0v) is 11.7. The highest BCUT2D eigenvalue weighted by molar-refractivity contribution is 5.94. The molecule has 0 aromatic carbocycles. The molecule has 2 rings (SSSR count). The number of amides is 1. The van der Waals surface area contributed by atoms with E-state index in [9.17, 15) is 9.59 Å². The van der Waals surface area contributed by atoms with Gasteiger partial charge in [0.25, 0.3) is 5.91 Å². The Hall–Kier alpha value is -1.62. The lowest BCUT2D eigenvalue weighted by molar-refractivity contribution is 0.0617. The number of nitrogens with two attached hydrogens (primary N) is 1. The summed E-state index contributed by atoms with van der Waals surface area (Å²) in [5.41, 5.74) is 6.78. The first kappa shape index (κ1) is 13.8. The van der Waals surface area contributed by atoms with Gasteiger partial charge in [-0.15, -0.1) is 0 Å². The van der Waals surface area contributed by atoms with Crippen LogP contribution in [0.1, 0.15) is 35.8 Å². The summed E-state index contributed by atoms with van der Waals surface area (Å²) in [5, 5.41) is 0. The second-order valence-corrected chi connectivity index (χ2v) is 5.44. The van der Waals surface area contributed by atoms with Gasteiger partial charge >= 0.3 is 0 Å². The van der Waals surface area contributed by atoms with Crippen LogP contribution in [0.5, 0.6) is 0 Å². The van der Waals surface area contributed by atoms with Crippen molar-refractivity contribution in [3.63, 3.8) is 0 Å². The highest BCUT2D eigenvalue weighted by Crippen LogP contribution is 2.17. The van der Waals surface area contributed by atoms with Crippen molar-refractivity contribution >= 4 is 5.91 Å². The van der Waals surface area contributed by atoms with Crippen LogP contribution in [0.3, 0.4) is 0 Å². The van der Waals surface area contributed by atoms with Crippen molar-refractivity contribution in [1.82, 2.24) is 9.47 Å². The second-order valence-electron chi connectivity index (χ2n) is 5.44. The van der Waals surface area contributed by atoms with Crippen LogP contribution in [0, 0.1) is 6.92 Å². The van der Waals surface area contributed by atoms with Gasteiger partial charge in [0, 0.05) is 43.6 Å². The molecule has 0 aliphatic carbocycles. The van der Waals surface area contributed by atoms with Crippen LogP contribution in [-0.4, -0.2) is 34.0 Å². The van der Waals surface area contributed by atoms with Crippen molar-refractivity contribution in [3.8, 4) is 0 Å². The molecule has 0 saturated carbocycles. The van der Waals surface area contributed by atoms with E-state index in [1.165, 1.54) is 6.07 Å². The Labute approximate surface area is 113 Å². The highest BCUT2D eigenvalue weighted by atomic mass is 16.2. The third-order valence-electron chi connectivity index (χ3n) is 3.89. The number of nitrogens with zero attached hydrogens (tertiary/aromatic N) is 2. The zero-order valence-electron chi connectivity index (χ0n) is 11.7. The maximum atomic E-state index is 12.5. The molecule has 0 unspecified atom stereocenters. The molecule has 2 atom stereocenters. The topological polar surface area (TPSA) is 68.3 Å². The third-order valence-corrected chi connectivity index (χ3v) is 3.89. The highest BCUT2D eigenvalue weighted by Gasteiger charge is 2.28. The smallest absolute Gasteiger partial charge is 0.259 e. The molecule has 1 aromatic rings. The number of likely N-dealkylation sites (tertiary alicyclic amines) is 1. The van der Waals surface area contributed by atoms with Crippen LogP contribution < -0.4 is 11.2 Å². The predicted octanol–water partition coefficient (Wildman–Crippen LogP) is 0.646. The van der Waals surface area contributed by atoms with Crippen LogP contribution in [0.4, 0.5) is 0 Å². The minimum absolute atomic E-state index is 0.0854. The van der Waals surface area contributed by atoms with Crippen molar-refractivity contribution < 1.29 is 4.79 Å². The van der Waals surface area contributed by atoms with E-state index < -0.39 is 0 Å². The molecule has 1 saturated heterocycles. The number of aromatic nitrogens is 1. The van der Waals surface area contributed by atoms with Gasteiger partial charge in [-0.25, -0.2) is 0 Å². The number of hydrogen-bond acceptors (Lipinski definition) is 3. The summed E-state index contributed by atoms with van der Waals surface area (Å²) in [6, 6.07) is 1.75. The minimum atomic E-state index is -0.206. The van der Waals surface area contributed by atoms with Crippen LogP contribution in [-0.2, 0) is 7.05 Å². The number of rotatable bonds is 1. The Balaban J connectivity index is 2.30. The molecular weight excluding hydrogens is 242 g/mol. The Kier molecular flexibility index (Phi) is 3.75. The van der Waals surface area contributed by atoms with Gasteiger partial charge in [0.1, 0.15) is 5.56 Å². The largest absolute Gasteiger partial charge is 0.354 e. The molecular formula is C14H21N3O2. The molecule has 0 bridgehead atoms. The van der Waals surface area contributed by atoms with Crippen molar-refractivity contribution in [2.75, 3.05) is 6.54 Å². The monoisotopic (exact) mass is 263 g/mol. The van der Waals surface area contributed by atoms with E-state index in [4.69, 9.17) is 5.73 Å². The van der Waals surface area contributed by atoms with Gasteiger partial charge in [0.15, 0.2) is 5.43 Å². The quantitative estimate of drug-likeness (QED) is 0.808. The first-order valence-corrected chi connectivity index (χ1v) is 6.64.